The Morgan fingerprint density at radius 1 is 0.733 bits per heavy atom. The van der Waals surface area contributed by atoms with Crippen molar-refractivity contribution < 1.29 is 4.42 Å². The molecule has 2 aromatic heterocycles. The molecule has 0 bridgehead atoms. The second kappa shape index (κ2) is 6.36. The van der Waals surface area contributed by atoms with Crippen LogP contribution in [0.2, 0.25) is 0 Å². The molecule has 30 heavy (non-hydrogen) atoms. The van der Waals surface area contributed by atoms with Gasteiger partial charge in [0, 0.05) is 22.7 Å². The first kappa shape index (κ1) is 17.1. The van der Waals surface area contributed by atoms with Crippen molar-refractivity contribution in [2.24, 2.45) is 0 Å². The van der Waals surface area contributed by atoms with Crippen molar-refractivity contribution in [2.75, 3.05) is 9.80 Å². The summed E-state index contributed by atoms with van der Waals surface area (Å²) in [6, 6.07) is 27.2. The van der Waals surface area contributed by atoms with Crippen LogP contribution in [0, 0.1) is 6.92 Å². The van der Waals surface area contributed by atoms with Crippen molar-refractivity contribution in [3.05, 3.63) is 90.6 Å². The van der Waals surface area contributed by atoms with Crippen LogP contribution in [0.15, 0.2) is 89.5 Å². The molecule has 0 amide bonds. The molecular weight excluding hydrogens is 370 g/mol. The highest BCUT2D eigenvalue weighted by Crippen LogP contribution is 2.49. The number of furan rings is 1. The number of hydrogen-bond donors (Lipinski definition) is 0. The highest BCUT2D eigenvalue weighted by atomic mass is 16.3. The predicted molar refractivity (Wildman–Crippen MR) is 123 cm³/mol. The third kappa shape index (κ3) is 2.31. The van der Waals surface area contributed by atoms with Crippen LogP contribution in [0.25, 0.3) is 21.9 Å². The van der Waals surface area contributed by atoms with Gasteiger partial charge in [0.25, 0.3) is 0 Å². The molecule has 0 N–H and O–H groups in total. The molecule has 0 fully saturated rings. The largest absolute Gasteiger partial charge is 0.454 e. The van der Waals surface area contributed by atoms with Crippen LogP contribution >= 0.6 is 0 Å². The van der Waals surface area contributed by atoms with Crippen molar-refractivity contribution in [2.45, 2.75) is 20.0 Å². The lowest BCUT2D eigenvalue weighted by molar-refractivity contribution is 0.663. The molecule has 3 heterocycles. The monoisotopic (exact) mass is 391 g/mol. The molecule has 0 spiro atoms. The summed E-state index contributed by atoms with van der Waals surface area (Å²) in [6.07, 6.45) is 1.91. The summed E-state index contributed by atoms with van der Waals surface area (Å²) in [7, 11) is 0. The maximum Gasteiger partial charge on any atom is 0.159 e. The van der Waals surface area contributed by atoms with E-state index in [9.17, 15) is 0 Å². The van der Waals surface area contributed by atoms with Gasteiger partial charge in [0.15, 0.2) is 11.4 Å². The van der Waals surface area contributed by atoms with Crippen LogP contribution in [0.1, 0.15) is 12.5 Å². The van der Waals surface area contributed by atoms with Crippen LogP contribution in [-0.4, -0.2) is 11.1 Å². The van der Waals surface area contributed by atoms with Crippen LogP contribution < -0.4 is 9.80 Å². The molecule has 6 rings (SSSR count). The van der Waals surface area contributed by atoms with Gasteiger partial charge in [-0.3, -0.25) is 0 Å². The first-order valence-corrected chi connectivity index (χ1v) is 10.2. The van der Waals surface area contributed by atoms with Gasteiger partial charge in [0.2, 0.25) is 0 Å². The standard InChI is InChI=1S/C26H21N3O/c1-17-9-3-5-12-21(17)29-18(2)28(23-14-8-16-27-26(23)29)22-13-7-11-20-19-10-4-6-15-24(19)30-25(20)22/h3-16,18H,1-2H3. The van der Waals surface area contributed by atoms with Gasteiger partial charge in [-0.25, -0.2) is 4.98 Å². The fourth-order valence-corrected chi connectivity index (χ4v) is 4.66. The number of benzene rings is 3. The Morgan fingerprint density at radius 3 is 2.37 bits per heavy atom. The quantitative estimate of drug-likeness (QED) is 0.327. The number of aryl methyl sites for hydroxylation is 1. The van der Waals surface area contributed by atoms with Gasteiger partial charge in [-0.2, -0.15) is 0 Å². The van der Waals surface area contributed by atoms with Gasteiger partial charge in [-0.05, 0) is 49.7 Å². The van der Waals surface area contributed by atoms with Crippen molar-refractivity contribution in [1.29, 1.82) is 0 Å². The Kier molecular flexibility index (Phi) is 3.62. The predicted octanol–water partition coefficient (Wildman–Crippen LogP) is 6.93. The van der Waals surface area contributed by atoms with Gasteiger partial charge in [0.1, 0.15) is 11.7 Å². The van der Waals surface area contributed by atoms with Crippen LogP contribution in [-0.2, 0) is 0 Å². The smallest absolute Gasteiger partial charge is 0.159 e. The van der Waals surface area contributed by atoms with E-state index in [0.717, 1.165) is 39.1 Å². The molecule has 0 radical (unpaired) electrons. The van der Waals surface area contributed by atoms with Crippen molar-refractivity contribution >= 4 is 44.8 Å². The van der Waals surface area contributed by atoms with Gasteiger partial charge < -0.3 is 14.2 Å². The zero-order valence-corrected chi connectivity index (χ0v) is 16.9. The zero-order valence-electron chi connectivity index (χ0n) is 16.9. The van der Waals surface area contributed by atoms with E-state index in [1.165, 1.54) is 11.3 Å². The number of fused-ring (bicyclic) bond motifs is 4. The first-order valence-electron chi connectivity index (χ1n) is 10.2. The summed E-state index contributed by atoms with van der Waals surface area (Å²) in [5.41, 5.74) is 6.36. The lowest BCUT2D eigenvalue weighted by atomic mass is 10.1. The van der Waals surface area contributed by atoms with E-state index in [1.807, 2.05) is 24.4 Å². The van der Waals surface area contributed by atoms with E-state index >= 15 is 0 Å². The highest BCUT2D eigenvalue weighted by Gasteiger charge is 2.37. The molecule has 0 saturated heterocycles. The number of pyridine rings is 1. The Hall–Kier alpha value is -3.79. The Morgan fingerprint density at radius 2 is 1.47 bits per heavy atom. The van der Waals surface area contributed by atoms with Crippen LogP contribution in [0.3, 0.4) is 0 Å². The fourth-order valence-electron chi connectivity index (χ4n) is 4.66. The minimum atomic E-state index is 0.0508. The zero-order chi connectivity index (χ0) is 20.2. The summed E-state index contributed by atoms with van der Waals surface area (Å²) in [5.74, 6) is 0.965. The van der Waals surface area contributed by atoms with Crippen molar-refractivity contribution in [3.63, 3.8) is 0 Å². The second-order valence-corrected chi connectivity index (χ2v) is 7.76. The Labute approximate surface area is 175 Å². The molecule has 0 aliphatic carbocycles. The maximum atomic E-state index is 6.34. The molecule has 1 atom stereocenters. The van der Waals surface area contributed by atoms with Gasteiger partial charge in [-0.1, -0.05) is 48.5 Å². The lowest BCUT2D eigenvalue weighted by Crippen LogP contribution is -2.35. The van der Waals surface area contributed by atoms with Crippen molar-refractivity contribution in [3.8, 4) is 0 Å². The molecular formula is C26H21N3O. The van der Waals surface area contributed by atoms with E-state index in [2.05, 4.69) is 84.3 Å². The fraction of sp³-hybridized carbons (Fsp3) is 0.115. The van der Waals surface area contributed by atoms with Gasteiger partial charge in [-0.15, -0.1) is 0 Å². The summed E-state index contributed by atoms with van der Waals surface area (Å²) in [5, 5.41) is 2.28. The number of rotatable bonds is 2. The summed E-state index contributed by atoms with van der Waals surface area (Å²) in [4.78, 5) is 9.41. The topological polar surface area (TPSA) is 32.5 Å². The van der Waals surface area contributed by atoms with E-state index in [0.29, 0.717) is 0 Å². The molecule has 1 aliphatic rings. The van der Waals surface area contributed by atoms with E-state index in [1.54, 1.807) is 0 Å². The third-order valence-electron chi connectivity index (χ3n) is 6.02. The number of anilines is 4. The molecule has 1 unspecified atom stereocenters. The molecule has 4 heteroatoms. The van der Waals surface area contributed by atoms with Crippen molar-refractivity contribution in [1.82, 2.24) is 4.98 Å². The second-order valence-electron chi connectivity index (χ2n) is 7.76. The molecule has 0 saturated carbocycles. The number of aromatic nitrogens is 1. The molecule has 5 aromatic rings. The minimum Gasteiger partial charge on any atom is -0.454 e. The van der Waals surface area contributed by atoms with E-state index < -0.39 is 0 Å². The highest BCUT2D eigenvalue weighted by molar-refractivity contribution is 6.10. The molecule has 3 aromatic carbocycles. The summed E-state index contributed by atoms with van der Waals surface area (Å²) >= 11 is 0. The van der Waals surface area contributed by atoms with Crippen LogP contribution in [0.4, 0.5) is 22.9 Å². The van der Waals surface area contributed by atoms with E-state index in [-0.39, 0.29) is 6.17 Å². The average Bonchev–Trinajstić information content (AvgIpc) is 3.29. The third-order valence-corrected chi connectivity index (χ3v) is 6.02. The summed E-state index contributed by atoms with van der Waals surface area (Å²) in [6.45, 7) is 4.36. The molecule has 4 nitrogen and oxygen atoms in total. The summed E-state index contributed by atoms with van der Waals surface area (Å²) < 4.78 is 6.34. The average molecular weight is 391 g/mol. The molecule has 1 aliphatic heterocycles. The Bertz CT molecular complexity index is 1400. The maximum absolute atomic E-state index is 6.34. The normalized spacial score (nSPS) is 15.9. The minimum absolute atomic E-state index is 0.0508. The number of para-hydroxylation sites is 3. The van der Waals surface area contributed by atoms with E-state index in [4.69, 9.17) is 9.40 Å². The lowest BCUT2D eigenvalue weighted by Gasteiger charge is -2.30. The van der Waals surface area contributed by atoms with Gasteiger partial charge in [0.05, 0.1) is 11.4 Å². The Balaban J connectivity index is 1.60. The SMILES string of the molecule is Cc1ccccc1N1c2ncccc2N(c2cccc3c2oc2ccccc23)C1C. The van der Waals surface area contributed by atoms with Gasteiger partial charge >= 0.3 is 0 Å². The number of hydrogen-bond acceptors (Lipinski definition) is 4. The molecule has 146 valence electrons. The number of nitrogens with zero attached hydrogens (tertiary/aromatic N) is 3. The van der Waals surface area contributed by atoms with Crippen LogP contribution in [0.5, 0.6) is 0 Å². The first-order chi connectivity index (χ1) is 14.7.